The van der Waals surface area contributed by atoms with Crippen molar-refractivity contribution in [3.63, 3.8) is 0 Å². The highest BCUT2D eigenvalue weighted by molar-refractivity contribution is 6.31. The molecule has 9 heteroatoms. The van der Waals surface area contributed by atoms with Crippen LogP contribution in [-0.4, -0.2) is 27.0 Å². The molecule has 0 saturated carbocycles. The first-order chi connectivity index (χ1) is 14.4. The lowest BCUT2D eigenvalue weighted by molar-refractivity contribution is -0.385. The van der Waals surface area contributed by atoms with Gasteiger partial charge in [-0.2, -0.15) is 0 Å². The molecule has 30 heavy (non-hydrogen) atoms. The van der Waals surface area contributed by atoms with Crippen LogP contribution >= 0.6 is 11.6 Å². The maximum atomic E-state index is 14.3. The summed E-state index contributed by atoms with van der Waals surface area (Å²) in [5, 5.41) is 18.2. The molecule has 2 heterocycles. The summed E-state index contributed by atoms with van der Waals surface area (Å²) in [6, 6.07) is 7.42. The van der Waals surface area contributed by atoms with Crippen LogP contribution in [0.2, 0.25) is 5.02 Å². The molecule has 1 aliphatic heterocycles. The number of aromatic nitrogens is 2. The van der Waals surface area contributed by atoms with Gasteiger partial charge in [-0.1, -0.05) is 29.5 Å². The molecule has 0 unspecified atom stereocenters. The molecular weight excluding hydrogens is 409 g/mol. The molecule has 1 atom stereocenters. The average molecular weight is 426 g/mol. The first-order valence-corrected chi connectivity index (χ1v) is 9.66. The van der Waals surface area contributed by atoms with E-state index in [4.69, 9.17) is 11.6 Å². The Balaban J connectivity index is 1.80. The van der Waals surface area contributed by atoms with Crippen LogP contribution in [0.15, 0.2) is 36.7 Å². The number of nitrogens with zero attached hydrogens (tertiary/aromatic N) is 3. The maximum absolute atomic E-state index is 14.3. The topological polar surface area (TPSA) is 93.0 Å². The quantitative estimate of drug-likeness (QED) is 0.363. The molecule has 0 radical (unpaired) electrons. The van der Waals surface area contributed by atoms with Crippen LogP contribution in [-0.2, 0) is 0 Å². The van der Waals surface area contributed by atoms with Crippen LogP contribution < -0.4 is 10.6 Å². The molecule has 1 fully saturated rings. The smallest absolute Gasteiger partial charge is 0.285 e. The van der Waals surface area contributed by atoms with Gasteiger partial charge in [0.15, 0.2) is 5.82 Å². The second kappa shape index (κ2) is 7.86. The Kier molecular flexibility index (Phi) is 5.24. The van der Waals surface area contributed by atoms with E-state index in [0.717, 1.165) is 19.4 Å². The van der Waals surface area contributed by atoms with E-state index < -0.39 is 10.7 Å². The van der Waals surface area contributed by atoms with Gasteiger partial charge in [0, 0.05) is 11.5 Å². The zero-order valence-electron chi connectivity index (χ0n) is 16.0. The summed E-state index contributed by atoms with van der Waals surface area (Å²) < 4.78 is 14.3. The van der Waals surface area contributed by atoms with Gasteiger partial charge in [-0.25, -0.2) is 14.4 Å². The van der Waals surface area contributed by atoms with Crippen molar-refractivity contribution in [2.24, 2.45) is 0 Å². The second-order valence-corrected chi connectivity index (χ2v) is 7.61. The Bertz CT molecular complexity index is 1220. The Morgan fingerprint density at radius 3 is 2.93 bits per heavy atom. The average Bonchev–Trinajstić information content (AvgIpc) is 3.16. The first kappa shape index (κ1) is 20.0. The molecule has 7 nitrogen and oxygen atoms in total. The van der Waals surface area contributed by atoms with Gasteiger partial charge in [-0.3, -0.25) is 10.1 Å². The number of benzene rings is 2. The van der Waals surface area contributed by atoms with E-state index in [2.05, 4.69) is 32.4 Å². The van der Waals surface area contributed by atoms with Crippen molar-refractivity contribution in [2.75, 3.05) is 11.9 Å². The number of nitrogens with one attached hydrogen (secondary N) is 2. The lowest BCUT2D eigenvalue weighted by atomic mass is 10.00. The number of rotatable bonds is 3. The molecule has 0 amide bonds. The van der Waals surface area contributed by atoms with Gasteiger partial charge in [0.2, 0.25) is 0 Å². The van der Waals surface area contributed by atoms with Crippen LogP contribution in [0.5, 0.6) is 0 Å². The lowest BCUT2D eigenvalue weighted by Gasteiger charge is -2.15. The summed E-state index contributed by atoms with van der Waals surface area (Å²) in [7, 11) is 0. The molecule has 2 aromatic carbocycles. The molecule has 0 bridgehead atoms. The van der Waals surface area contributed by atoms with E-state index in [0.29, 0.717) is 10.9 Å². The van der Waals surface area contributed by atoms with Crippen molar-refractivity contribution in [3.8, 4) is 11.8 Å². The Morgan fingerprint density at radius 1 is 1.37 bits per heavy atom. The molecule has 4 rings (SSSR count). The van der Waals surface area contributed by atoms with E-state index in [9.17, 15) is 14.5 Å². The van der Waals surface area contributed by atoms with Crippen molar-refractivity contribution in [1.29, 1.82) is 0 Å². The third-order valence-corrected chi connectivity index (χ3v) is 5.29. The molecule has 1 aliphatic rings. The number of hydrogen-bond donors (Lipinski definition) is 2. The third kappa shape index (κ3) is 3.90. The Hall–Kier alpha value is -3.28. The molecule has 0 aliphatic carbocycles. The maximum Gasteiger partial charge on any atom is 0.285 e. The van der Waals surface area contributed by atoms with Gasteiger partial charge < -0.3 is 10.6 Å². The largest absolute Gasteiger partial charge is 0.337 e. The number of nitro benzene ring substituents is 1. The predicted molar refractivity (Wildman–Crippen MR) is 113 cm³/mol. The summed E-state index contributed by atoms with van der Waals surface area (Å²) in [6.07, 6.45) is 3.19. The summed E-state index contributed by atoms with van der Waals surface area (Å²) in [4.78, 5) is 19.5. The number of halogens is 2. The summed E-state index contributed by atoms with van der Waals surface area (Å²) >= 11 is 5.83. The molecule has 0 spiro atoms. The normalized spacial score (nSPS) is 18.1. The molecular formula is C21H17ClFN5O2. The minimum atomic E-state index is -0.639. The zero-order valence-corrected chi connectivity index (χ0v) is 16.8. The van der Waals surface area contributed by atoms with Gasteiger partial charge in [0.05, 0.1) is 26.7 Å². The van der Waals surface area contributed by atoms with Gasteiger partial charge >= 0.3 is 0 Å². The van der Waals surface area contributed by atoms with Crippen LogP contribution in [0.1, 0.15) is 25.3 Å². The van der Waals surface area contributed by atoms with Crippen LogP contribution in [0.3, 0.4) is 0 Å². The molecule has 1 aromatic heterocycles. The van der Waals surface area contributed by atoms with Crippen molar-refractivity contribution in [1.82, 2.24) is 15.3 Å². The van der Waals surface area contributed by atoms with E-state index in [-0.39, 0.29) is 33.3 Å². The van der Waals surface area contributed by atoms with Gasteiger partial charge in [-0.15, -0.1) is 0 Å². The molecule has 3 aromatic rings. The van der Waals surface area contributed by atoms with Crippen LogP contribution in [0.4, 0.5) is 21.6 Å². The summed E-state index contributed by atoms with van der Waals surface area (Å²) in [6.45, 7) is 2.84. The summed E-state index contributed by atoms with van der Waals surface area (Å²) in [5.41, 5.74) is 0.288. The SMILES string of the molecule is C[C@]1(C#Cc2cc3ncnc(Nc4cccc(Cl)c4F)c3cc2[N+](=O)[O-])CCCN1. The fourth-order valence-electron chi connectivity index (χ4n) is 3.38. The minimum Gasteiger partial charge on any atom is -0.337 e. The third-order valence-electron chi connectivity index (χ3n) is 5.00. The monoisotopic (exact) mass is 425 g/mol. The van der Waals surface area contributed by atoms with Crippen LogP contribution in [0, 0.1) is 27.8 Å². The second-order valence-electron chi connectivity index (χ2n) is 7.20. The van der Waals surface area contributed by atoms with E-state index in [1.807, 2.05) is 6.92 Å². The Labute approximate surface area is 176 Å². The highest BCUT2D eigenvalue weighted by Crippen LogP contribution is 2.31. The van der Waals surface area contributed by atoms with Crippen molar-refractivity contribution < 1.29 is 9.31 Å². The standard InChI is InChI=1S/C21H17ClFN5O2/c1-21(7-3-9-26-21)8-6-13-10-17-14(11-18(13)28(29)30)20(25-12-24-17)27-16-5-2-4-15(22)19(16)23/h2,4-5,10-12,26H,3,7,9H2,1H3,(H,24,25,27)/t21-/m1/s1. The van der Waals surface area contributed by atoms with Crippen molar-refractivity contribution in [3.05, 3.63) is 63.2 Å². The van der Waals surface area contributed by atoms with Crippen molar-refractivity contribution in [2.45, 2.75) is 25.3 Å². The van der Waals surface area contributed by atoms with Crippen molar-refractivity contribution >= 4 is 39.7 Å². The van der Waals surface area contributed by atoms with Crippen LogP contribution in [0.25, 0.3) is 10.9 Å². The fourth-order valence-corrected chi connectivity index (χ4v) is 3.55. The highest BCUT2D eigenvalue weighted by Gasteiger charge is 2.26. The fraction of sp³-hybridized carbons (Fsp3) is 0.238. The zero-order chi connectivity index (χ0) is 21.3. The van der Waals surface area contributed by atoms with Gasteiger partial charge in [0.25, 0.3) is 5.69 Å². The minimum absolute atomic E-state index is 0.0454. The number of nitro groups is 1. The Morgan fingerprint density at radius 2 is 2.20 bits per heavy atom. The van der Waals surface area contributed by atoms with E-state index in [1.54, 1.807) is 12.1 Å². The van der Waals surface area contributed by atoms with E-state index >= 15 is 0 Å². The van der Waals surface area contributed by atoms with Gasteiger partial charge in [-0.05, 0) is 44.5 Å². The number of anilines is 2. The molecule has 2 N–H and O–H groups in total. The predicted octanol–water partition coefficient (Wildman–Crippen LogP) is 4.57. The molecule has 1 saturated heterocycles. The van der Waals surface area contributed by atoms with E-state index in [1.165, 1.54) is 24.5 Å². The van der Waals surface area contributed by atoms with Gasteiger partial charge in [0.1, 0.15) is 17.7 Å². The number of fused-ring (bicyclic) bond motifs is 1. The first-order valence-electron chi connectivity index (χ1n) is 9.29. The highest BCUT2D eigenvalue weighted by atomic mass is 35.5. The summed E-state index contributed by atoms with van der Waals surface area (Å²) in [5.74, 6) is 5.65. The number of hydrogen-bond acceptors (Lipinski definition) is 6. The molecule has 152 valence electrons. The lowest BCUT2D eigenvalue weighted by Crippen LogP contribution is -2.34.